The van der Waals surface area contributed by atoms with Crippen LogP contribution in [0.3, 0.4) is 0 Å². The van der Waals surface area contributed by atoms with Gasteiger partial charge in [-0.3, -0.25) is 9.38 Å². The summed E-state index contributed by atoms with van der Waals surface area (Å²) in [5.41, 5.74) is -1.01. The smallest absolute Gasteiger partial charge is 0.290 e. The SMILES string of the molecule is CCS(=O)(=O)c1cc(Cl)cnc1-c1cn2cnc(C(F)(F)F)cc2n1. The fourth-order valence-electron chi connectivity index (χ4n) is 2.17. The first-order valence-corrected chi connectivity index (χ1v) is 8.95. The van der Waals surface area contributed by atoms with E-state index in [-0.39, 0.29) is 32.7 Å². The molecule has 0 amide bonds. The molecule has 0 aliphatic heterocycles. The highest BCUT2D eigenvalue weighted by Gasteiger charge is 2.33. The molecule has 0 atom stereocenters. The van der Waals surface area contributed by atoms with Crippen LogP contribution in [0.25, 0.3) is 17.0 Å². The van der Waals surface area contributed by atoms with Gasteiger partial charge in [-0.1, -0.05) is 18.5 Å². The number of hydrogen-bond donors (Lipinski definition) is 0. The molecule has 6 nitrogen and oxygen atoms in total. The summed E-state index contributed by atoms with van der Waals surface area (Å²) in [4.78, 5) is 11.2. The van der Waals surface area contributed by atoms with Gasteiger partial charge in [0, 0.05) is 18.5 Å². The van der Waals surface area contributed by atoms with Gasteiger partial charge in [-0.25, -0.2) is 18.4 Å². The number of alkyl halides is 3. The van der Waals surface area contributed by atoms with Gasteiger partial charge in [-0.05, 0) is 6.07 Å². The molecule has 0 aliphatic carbocycles. The first-order chi connectivity index (χ1) is 11.6. The van der Waals surface area contributed by atoms with Crippen LogP contribution in [0.2, 0.25) is 5.02 Å². The van der Waals surface area contributed by atoms with Gasteiger partial charge >= 0.3 is 6.18 Å². The van der Waals surface area contributed by atoms with E-state index in [1.54, 1.807) is 0 Å². The molecule has 25 heavy (non-hydrogen) atoms. The van der Waals surface area contributed by atoms with E-state index in [1.165, 1.54) is 29.8 Å². The minimum Gasteiger partial charge on any atom is -0.290 e. The van der Waals surface area contributed by atoms with E-state index in [0.717, 1.165) is 12.4 Å². The average Bonchev–Trinajstić information content (AvgIpc) is 2.96. The lowest BCUT2D eigenvalue weighted by molar-refractivity contribution is -0.141. The second kappa shape index (κ2) is 5.95. The fourth-order valence-corrected chi connectivity index (χ4v) is 3.46. The molecule has 0 radical (unpaired) electrons. The molecule has 0 unspecified atom stereocenters. The number of hydrogen-bond acceptors (Lipinski definition) is 5. The number of fused-ring (bicyclic) bond motifs is 1. The zero-order chi connectivity index (χ0) is 18.4. The molecule has 0 N–H and O–H groups in total. The summed E-state index contributed by atoms with van der Waals surface area (Å²) in [6.45, 7) is 1.46. The predicted octanol–water partition coefficient (Wildman–Crippen LogP) is 3.26. The van der Waals surface area contributed by atoms with E-state index < -0.39 is 21.7 Å². The van der Waals surface area contributed by atoms with Gasteiger partial charge in [0.15, 0.2) is 9.84 Å². The minimum atomic E-state index is -4.61. The lowest BCUT2D eigenvalue weighted by atomic mass is 10.3. The summed E-state index contributed by atoms with van der Waals surface area (Å²) in [6, 6.07) is 2.01. The van der Waals surface area contributed by atoms with Gasteiger partial charge in [-0.2, -0.15) is 13.2 Å². The number of rotatable bonds is 3. The Bertz CT molecular complexity index is 1060. The summed E-state index contributed by atoms with van der Waals surface area (Å²) >= 11 is 5.83. The van der Waals surface area contributed by atoms with Gasteiger partial charge < -0.3 is 0 Å². The Hall–Kier alpha value is -2.20. The van der Waals surface area contributed by atoms with Crippen molar-refractivity contribution < 1.29 is 21.6 Å². The number of sulfone groups is 1. The normalized spacial score (nSPS) is 12.7. The standard InChI is InChI=1S/C14H10ClF3N4O2S/c1-2-25(23,24)10-3-8(15)5-19-13(10)9-6-22-7-20-11(14(16,17)18)4-12(22)21-9/h3-7H,2H2,1H3. The Kier molecular flexibility index (Phi) is 4.20. The van der Waals surface area contributed by atoms with Gasteiger partial charge in [0.25, 0.3) is 0 Å². The molecule has 0 saturated carbocycles. The van der Waals surface area contributed by atoms with Crippen LogP contribution in [0.1, 0.15) is 12.6 Å². The third kappa shape index (κ3) is 3.31. The number of aromatic nitrogens is 4. The maximum absolute atomic E-state index is 12.8. The Morgan fingerprint density at radius 2 is 1.96 bits per heavy atom. The van der Waals surface area contributed by atoms with Crippen molar-refractivity contribution in [3.05, 3.63) is 41.6 Å². The van der Waals surface area contributed by atoms with Crippen molar-refractivity contribution in [2.24, 2.45) is 0 Å². The van der Waals surface area contributed by atoms with Crippen molar-refractivity contribution in [3.8, 4) is 11.4 Å². The molecule has 0 fully saturated rings. The van der Waals surface area contributed by atoms with Crippen molar-refractivity contribution in [3.63, 3.8) is 0 Å². The van der Waals surface area contributed by atoms with Crippen LogP contribution in [-0.2, 0) is 16.0 Å². The largest absolute Gasteiger partial charge is 0.433 e. The van der Waals surface area contributed by atoms with Crippen molar-refractivity contribution in [2.45, 2.75) is 18.0 Å². The molecule has 0 aromatic carbocycles. The van der Waals surface area contributed by atoms with E-state index in [0.29, 0.717) is 0 Å². The topological polar surface area (TPSA) is 77.2 Å². The highest BCUT2D eigenvalue weighted by molar-refractivity contribution is 7.91. The van der Waals surface area contributed by atoms with Crippen LogP contribution in [0, 0.1) is 0 Å². The number of pyridine rings is 1. The van der Waals surface area contributed by atoms with E-state index in [2.05, 4.69) is 15.0 Å². The summed E-state index contributed by atoms with van der Waals surface area (Å²) in [6.07, 6.45) is -1.05. The molecule has 3 rings (SSSR count). The molecule has 0 bridgehead atoms. The summed E-state index contributed by atoms with van der Waals surface area (Å²) < 4.78 is 64.0. The molecular weight excluding hydrogens is 381 g/mol. The molecule has 3 aromatic heterocycles. The quantitative estimate of drug-likeness (QED) is 0.686. The van der Waals surface area contributed by atoms with Crippen molar-refractivity contribution >= 4 is 27.1 Å². The first kappa shape index (κ1) is 17.6. The zero-order valence-electron chi connectivity index (χ0n) is 12.6. The van der Waals surface area contributed by atoms with Gasteiger partial charge in [0.1, 0.15) is 29.1 Å². The van der Waals surface area contributed by atoms with Crippen LogP contribution in [0.5, 0.6) is 0 Å². The zero-order valence-corrected chi connectivity index (χ0v) is 14.2. The monoisotopic (exact) mass is 390 g/mol. The molecule has 0 aliphatic rings. The number of nitrogens with zero attached hydrogens (tertiary/aromatic N) is 4. The van der Waals surface area contributed by atoms with Crippen LogP contribution in [0.4, 0.5) is 13.2 Å². The Labute approximate surface area is 145 Å². The Morgan fingerprint density at radius 1 is 1.24 bits per heavy atom. The van der Waals surface area contributed by atoms with Gasteiger partial charge in [0.05, 0.1) is 15.7 Å². The van der Waals surface area contributed by atoms with Gasteiger partial charge in [-0.15, -0.1) is 0 Å². The maximum atomic E-state index is 12.8. The van der Waals surface area contributed by atoms with E-state index >= 15 is 0 Å². The lowest BCUT2D eigenvalue weighted by Gasteiger charge is -2.06. The van der Waals surface area contributed by atoms with Crippen molar-refractivity contribution in [1.82, 2.24) is 19.4 Å². The number of halogens is 4. The molecule has 132 valence electrons. The highest BCUT2D eigenvalue weighted by Crippen LogP contribution is 2.30. The molecule has 3 heterocycles. The van der Waals surface area contributed by atoms with Crippen molar-refractivity contribution in [1.29, 1.82) is 0 Å². The second-order valence-corrected chi connectivity index (χ2v) is 7.75. The first-order valence-electron chi connectivity index (χ1n) is 6.92. The molecule has 0 spiro atoms. The Morgan fingerprint density at radius 3 is 2.60 bits per heavy atom. The molecular formula is C14H10ClF3N4O2S. The Balaban J connectivity index is 2.21. The fraction of sp³-hybridized carbons (Fsp3) is 0.214. The lowest BCUT2D eigenvalue weighted by Crippen LogP contribution is -2.08. The van der Waals surface area contributed by atoms with Crippen molar-refractivity contribution in [2.75, 3.05) is 5.75 Å². The third-order valence-corrected chi connectivity index (χ3v) is 5.36. The van der Waals surface area contributed by atoms with E-state index in [4.69, 9.17) is 11.6 Å². The summed E-state index contributed by atoms with van der Waals surface area (Å²) in [5.74, 6) is -0.185. The van der Waals surface area contributed by atoms with Gasteiger partial charge in [0.2, 0.25) is 0 Å². The molecule has 0 saturated heterocycles. The van der Waals surface area contributed by atoms with Crippen LogP contribution in [0.15, 0.2) is 35.7 Å². The average molecular weight is 391 g/mol. The van der Waals surface area contributed by atoms with E-state index in [1.807, 2.05) is 0 Å². The molecule has 11 heteroatoms. The maximum Gasteiger partial charge on any atom is 0.433 e. The minimum absolute atomic E-state index is 0.0171. The highest BCUT2D eigenvalue weighted by atomic mass is 35.5. The number of imidazole rings is 1. The van der Waals surface area contributed by atoms with E-state index in [9.17, 15) is 21.6 Å². The summed E-state index contributed by atoms with van der Waals surface area (Å²) in [7, 11) is -3.66. The predicted molar refractivity (Wildman–Crippen MR) is 84.0 cm³/mol. The summed E-state index contributed by atoms with van der Waals surface area (Å²) in [5, 5.41) is 0.126. The van der Waals surface area contributed by atoms with Crippen LogP contribution in [-0.4, -0.2) is 33.5 Å². The third-order valence-electron chi connectivity index (χ3n) is 3.42. The second-order valence-electron chi connectivity index (χ2n) is 5.07. The van der Waals surface area contributed by atoms with Crippen LogP contribution >= 0.6 is 11.6 Å². The van der Waals surface area contributed by atoms with Crippen LogP contribution < -0.4 is 0 Å². The molecule has 3 aromatic rings.